The van der Waals surface area contributed by atoms with Crippen molar-refractivity contribution in [2.45, 2.75) is 45.4 Å². The van der Waals surface area contributed by atoms with Gasteiger partial charge in [0.1, 0.15) is 11.6 Å². The summed E-state index contributed by atoms with van der Waals surface area (Å²) in [6.45, 7) is 5.86. The van der Waals surface area contributed by atoms with Crippen LogP contribution in [0.25, 0.3) is 5.69 Å². The second-order valence-electron chi connectivity index (χ2n) is 8.15. The number of benzene rings is 2. The van der Waals surface area contributed by atoms with Crippen molar-refractivity contribution in [3.63, 3.8) is 0 Å². The van der Waals surface area contributed by atoms with E-state index < -0.39 is 6.10 Å². The molecule has 170 valence electrons. The predicted octanol–water partition coefficient (Wildman–Crippen LogP) is 4.47. The Morgan fingerprint density at radius 1 is 1.19 bits per heavy atom. The summed E-state index contributed by atoms with van der Waals surface area (Å²) in [4.78, 5) is 2.27. The van der Waals surface area contributed by atoms with Gasteiger partial charge in [0, 0.05) is 31.8 Å². The molecule has 1 aliphatic carbocycles. The van der Waals surface area contributed by atoms with Crippen LogP contribution in [0.15, 0.2) is 54.6 Å². The highest BCUT2D eigenvalue weighted by molar-refractivity contribution is 5.43. The number of hydrogen-bond acceptors (Lipinski definition) is 5. The van der Waals surface area contributed by atoms with Gasteiger partial charge in [0.2, 0.25) is 5.88 Å². The largest absolute Gasteiger partial charge is 0.438 e. The van der Waals surface area contributed by atoms with Crippen molar-refractivity contribution in [3.8, 4) is 17.3 Å². The van der Waals surface area contributed by atoms with Crippen molar-refractivity contribution in [2.75, 3.05) is 19.8 Å². The van der Waals surface area contributed by atoms with Gasteiger partial charge in [-0.05, 0) is 51.0 Å². The van der Waals surface area contributed by atoms with Crippen LogP contribution < -0.4 is 4.74 Å². The summed E-state index contributed by atoms with van der Waals surface area (Å²) < 4.78 is 27.2. The Morgan fingerprint density at radius 2 is 1.97 bits per heavy atom. The fourth-order valence-corrected chi connectivity index (χ4v) is 3.77. The SMILES string of the molecule is CCOCC(O)CN(Cc1c(C)nn(-c2ccccc2)c1Oc1cccc(F)c1)C1CC1. The highest BCUT2D eigenvalue weighted by Crippen LogP contribution is 2.35. The predicted molar refractivity (Wildman–Crippen MR) is 121 cm³/mol. The lowest BCUT2D eigenvalue weighted by molar-refractivity contribution is 0.0177. The molecule has 32 heavy (non-hydrogen) atoms. The Hall–Kier alpha value is -2.74. The molecule has 1 heterocycles. The molecule has 4 rings (SSSR count). The maximum atomic E-state index is 13.8. The molecular formula is C25H30FN3O3. The zero-order chi connectivity index (χ0) is 22.5. The van der Waals surface area contributed by atoms with E-state index in [0.29, 0.717) is 44.0 Å². The molecule has 0 aliphatic heterocycles. The van der Waals surface area contributed by atoms with E-state index in [9.17, 15) is 9.50 Å². The van der Waals surface area contributed by atoms with E-state index in [4.69, 9.17) is 14.6 Å². The topological polar surface area (TPSA) is 59.8 Å². The number of hydrogen-bond donors (Lipinski definition) is 1. The molecule has 1 saturated carbocycles. The molecule has 1 unspecified atom stereocenters. The van der Waals surface area contributed by atoms with E-state index >= 15 is 0 Å². The number of aliphatic hydroxyl groups is 1. The van der Waals surface area contributed by atoms with Gasteiger partial charge in [0.15, 0.2) is 0 Å². The monoisotopic (exact) mass is 439 g/mol. The minimum atomic E-state index is -0.562. The molecule has 2 aromatic carbocycles. The molecule has 0 saturated heterocycles. The first kappa shape index (κ1) is 22.5. The van der Waals surface area contributed by atoms with E-state index in [1.54, 1.807) is 16.8 Å². The van der Waals surface area contributed by atoms with Crippen LogP contribution in [-0.2, 0) is 11.3 Å². The van der Waals surface area contributed by atoms with Crippen LogP contribution in [0.4, 0.5) is 4.39 Å². The Bertz CT molecular complexity index is 1020. The van der Waals surface area contributed by atoms with Gasteiger partial charge in [-0.15, -0.1) is 0 Å². The molecule has 6 nitrogen and oxygen atoms in total. The first-order valence-electron chi connectivity index (χ1n) is 11.1. The Morgan fingerprint density at radius 3 is 2.66 bits per heavy atom. The maximum Gasteiger partial charge on any atom is 0.227 e. The third kappa shape index (κ3) is 5.54. The molecule has 1 aromatic heterocycles. The van der Waals surface area contributed by atoms with E-state index in [0.717, 1.165) is 29.8 Å². The van der Waals surface area contributed by atoms with E-state index in [1.807, 2.05) is 44.2 Å². The number of rotatable bonds is 11. The summed E-state index contributed by atoms with van der Waals surface area (Å²) in [5.41, 5.74) is 2.63. The average molecular weight is 440 g/mol. The lowest BCUT2D eigenvalue weighted by atomic mass is 10.2. The number of aryl methyl sites for hydroxylation is 1. The summed E-state index contributed by atoms with van der Waals surface area (Å²) in [7, 11) is 0. The van der Waals surface area contributed by atoms with Crippen LogP contribution >= 0.6 is 0 Å². The smallest absolute Gasteiger partial charge is 0.227 e. The summed E-state index contributed by atoms with van der Waals surface area (Å²) in [6, 6.07) is 16.3. The number of ether oxygens (including phenoxy) is 2. The van der Waals surface area contributed by atoms with Gasteiger partial charge in [-0.25, -0.2) is 9.07 Å². The molecule has 7 heteroatoms. The van der Waals surface area contributed by atoms with Crippen molar-refractivity contribution >= 4 is 0 Å². The molecule has 0 spiro atoms. The third-order valence-electron chi connectivity index (χ3n) is 5.53. The van der Waals surface area contributed by atoms with Crippen LogP contribution in [-0.4, -0.2) is 51.7 Å². The first-order chi connectivity index (χ1) is 15.5. The second kappa shape index (κ2) is 10.3. The van der Waals surface area contributed by atoms with Crippen LogP contribution in [0.5, 0.6) is 11.6 Å². The van der Waals surface area contributed by atoms with Gasteiger partial charge in [0.05, 0.1) is 29.7 Å². The summed E-state index contributed by atoms with van der Waals surface area (Å²) >= 11 is 0. The fourth-order valence-electron chi connectivity index (χ4n) is 3.77. The van der Waals surface area contributed by atoms with Crippen molar-refractivity contribution in [3.05, 3.63) is 71.7 Å². The highest BCUT2D eigenvalue weighted by Gasteiger charge is 2.32. The van der Waals surface area contributed by atoms with E-state index in [2.05, 4.69) is 4.90 Å². The van der Waals surface area contributed by atoms with Gasteiger partial charge < -0.3 is 14.6 Å². The van der Waals surface area contributed by atoms with Crippen molar-refractivity contribution in [1.82, 2.24) is 14.7 Å². The van der Waals surface area contributed by atoms with Crippen LogP contribution in [0, 0.1) is 12.7 Å². The summed E-state index contributed by atoms with van der Waals surface area (Å²) in [5, 5.41) is 15.2. The first-order valence-corrected chi connectivity index (χ1v) is 11.1. The normalized spacial score (nSPS) is 14.7. The number of aliphatic hydroxyl groups excluding tert-OH is 1. The minimum absolute atomic E-state index is 0.314. The van der Waals surface area contributed by atoms with Crippen molar-refractivity contribution in [2.24, 2.45) is 0 Å². The van der Waals surface area contributed by atoms with Gasteiger partial charge in [-0.1, -0.05) is 24.3 Å². The molecule has 1 atom stereocenters. The number of para-hydroxylation sites is 1. The molecule has 3 aromatic rings. The third-order valence-corrected chi connectivity index (χ3v) is 5.53. The molecule has 0 amide bonds. The van der Waals surface area contributed by atoms with Crippen molar-refractivity contribution in [1.29, 1.82) is 0 Å². The molecule has 0 radical (unpaired) electrons. The van der Waals surface area contributed by atoms with Gasteiger partial charge in [-0.2, -0.15) is 5.10 Å². The molecule has 1 N–H and O–H groups in total. The molecule has 1 aliphatic rings. The zero-order valence-corrected chi connectivity index (χ0v) is 18.6. The molecule has 1 fully saturated rings. The minimum Gasteiger partial charge on any atom is -0.438 e. The number of halogens is 1. The lowest BCUT2D eigenvalue weighted by Gasteiger charge is -2.25. The van der Waals surface area contributed by atoms with Gasteiger partial charge in [-0.3, -0.25) is 4.90 Å². The van der Waals surface area contributed by atoms with Crippen molar-refractivity contribution < 1.29 is 19.0 Å². The van der Waals surface area contributed by atoms with Crippen LogP contribution in [0.3, 0.4) is 0 Å². The average Bonchev–Trinajstić information content (AvgIpc) is 3.59. The second-order valence-corrected chi connectivity index (χ2v) is 8.15. The van der Waals surface area contributed by atoms with Gasteiger partial charge >= 0.3 is 0 Å². The van der Waals surface area contributed by atoms with Crippen LogP contribution in [0.2, 0.25) is 0 Å². The Kier molecular flexibility index (Phi) is 7.19. The van der Waals surface area contributed by atoms with E-state index in [-0.39, 0.29) is 5.82 Å². The Balaban J connectivity index is 1.66. The molecule has 0 bridgehead atoms. The zero-order valence-electron chi connectivity index (χ0n) is 18.6. The number of nitrogens with zero attached hydrogens (tertiary/aromatic N) is 3. The lowest BCUT2D eigenvalue weighted by Crippen LogP contribution is -2.36. The maximum absolute atomic E-state index is 13.8. The Labute approximate surface area is 188 Å². The van der Waals surface area contributed by atoms with E-state index in [1.165, 1.54) is 12.1 Å². The highest BCUT2D eigenvalue weighted by atomic mass is 19.1. The standard InChI is InChI=1S/C25H30FN3O3/c1-3-31-17-22(30)15-28(20-12-13-20)16-24-18(2)27-29(21-9-5-4-6-10-21)25(24)32-23-11-7-8-19(26)14-23/h4-11,14,20,22,30H,3,12-13,15-17H2,1-2H3. The fraction of sp³-hybridized carbons (Fsp3) is 0.400. The summed E-state index contributed by atoms with van der Waals surface area (Å²) in [6.07, 6.45) is 1.65. The van der Waals surface area contributed by atoms with Gasteiger partial charge in [0.25, 0.3) is 0 Å². The summed E-state index contributed by atoms with van der Waals surface area (Å²) in [5.74, 6) is 0.618. The van der Waals surface area contributed by atoms with Crippen LogP contribution in [0.1, 0.15) is 31.0 Å². The molecular weight excluding hydrogens is 409 g/mol. The number of aromatic nitrogens is 2. The quantitative estimate of drug-likeness (QED) is 0.478.